The number of carbonyl (C=O) groups excluding carboxylic acids is 2. The van der Waals surface area contributed by atoms with E-state index in [4.69, 9.17) is 0 Å². The second-order valence-corrected chi connectivity index (χ2v) is 6.56. The van der Waals surface area contributed by atoms with Crippen LogP contribution in [0.4, 0.5) is 9.52 Å². The highest BCUT2D eigenvalue weighted by Crippen LogP contribution is 2.23. The largest absolute Gasteiger partial charge is 0.347 e. The first kappa shape index (κ1) is 17.8. The number of hydrogen-bond acceptors (Lipinski definition) is 4. The fourth-order valence-electron chi connectivity index (χ4n) is 2.28. The molecule has 3 rings (SSSR count). The first-order chi connectivity index (χ1) is 12.5. The molecule has 1 heterocycles. The molecule has 0 saturated carbocycles. The van der Waals surface area contributed by atoms with E-state index in [2.05, 4.69) is 15.6 Å². The van der Waals surface area contributed by atoms with Crippen LogP contribution in [0, 0.1) is 12.7 Å². The maximum absolute atomic E-state index is 12.9. The molecule has 7 heteroatoms. The van der Waals surface area contributed by atoms with Gasteiger partial charge >= 0.3 is 0 Å². The minimum Gasteiger partial charge on any atom is -0.347 e. The van der Waals surface area contributed by atoms with Gasteiger partial charge in [0.05, 0.1) is 5.69 Å². The van der Waals surface area contributed by atoms with Crippen molar-refractivity contribution in [3.05, 3.63) is 82.1 Å². The first-order valence-corrected chi connectivity index (χ1v) is 8.71. The van der Waals surface area contributed by atoms with Gasteiger partial charge in [-0.25, -0.2) is 9.37 Å². The summed E-state index contributed by atoms with van der Waals surface area (Å²) in [4.78, 5) is 29.2. The molecule has 0 atom stereocenters. The van der Waals surface area contributed by atoms with Gasteiger partial charge in [-0.05, 0) is 36.8 Å². The molecular formula is C19H16FN3O2S. The highest BCUT2D eigenvalue weighted by molar-refractivity contribution is 7.17. The molecule has 5 nitrogen and oxygen atoms in total. The fraction of sp³-hybridized carbons (Fsp3) is 0.105. The van der Waals surface area contributed by atoms with E-state index in [1.165, 1.54) is 12.1 Å². The van der Waals surface area contributed by atoms with Crippen LogP contribution in [-0.2, 0) is 6.54 Å². The zero-order valence-electron chi connectivity index (χ0n) is 14.0. The Morgan fingerprint density at radius 2 is 1.73 bits per heavy atom. The van der Waals surface area contributed by atoms with Crippen LogP contribution in [-0.4, -0.2) is 16.8 Å². The Kier molecular flexibility index (Phi) is 5.38. The van der Waals surface area contributed by atoms with Crippen LogP contribution in [0.2, 0.25) is 0 Å². The van der Waals surface area contributed by atoms with E-state index in [0.717, 1.165) is 16.9 Å². The highest BCUT2D eigenvalue weighted by Gasteiger charge is 2.17. The quantitative estimate of drug-likeness (QED) is 0.719. The number of hydrogen-bond donors (Lipinski definition) is 2. The topological polar surface area (TPSA) is 71.1 Å². The Bertz CT molecular complexity index is 924. The number of aryl methyl sites for hydroxylation is 1. The predicted molar refractivity (Wildman–Crippen MR) is 98.8 cm³/mol. The SMILES string of the molecule is Cc1nc(NC(=O)c2ccccc2)sc1C(=O)NCc1ccc(F)cc1. The molecule has 3 aromatic rings. The smallest absolute Gasteiger partial charge is 0.263 e. The molecule has 0 aliphatic carbocycles. The maximum Gasteiger partial charge on any atom is 0.263 e. The van der Waals surface area contributed by atoms with E-state index in [1.807, 2.05) is 6.07 Å². The number of carbonyl (C=O) groups is 2. The molecule has 0 aliphatic rings. The molecule has 0 radical (unpaired) electrons. The molecule has 0 saturated heterocycles. The minimum absolute atomic E-state index is 0.280. The summed E-state index contributed by atoms with van der Waals surface area (Å²) < 4.78 is 12.9. The molecule has 0 spiro atoms. The van der Waals surface area contributed by atoms with Gasteiger partial charge in [0.2, 0.25) is 0 Å². The number of amides is 2. The number of nitrogens with one attached hydrogen (secondary N) is 2. The van der Waals surface area contributed by atoms with Crippen LogP contribution < -0.4 is 10.6 Å². The summed E-state index contributed by atoms with van der Waals surface area (Å²) in [6, 6.07) is 14.7. The van der Waals surface area contributed by atoms with Crippen LogP contribution in [0.15, 0.2) is 54.6 Å². The van der Waals surface area contributed by atoms with Crippen molar-refractivity contribution in [3.63, 3.8) is 0 Å². The van der Waals surface area contributed by atoms with Gasteiger partial charge in [-0.2, -0.15) is 0 Å². The molecule has 132 valence electrons. The monoisotopic (exact) mass is 369 g/mol. The molecule has 0 unspecified atom stereocenters. The summed E-state index contributed by atoms with van der Waals surface area (Å²) >= 11 is 1.11. The van der Waals surface area contributed by atoms with Crippen molar-refractivity contribution in [2.24, 2.45) is 0 Å². The molecular weight excluding hydrogens is 353 g/mol. The van der Waals surface area contributed by atoms with Crippen LogP contribution in [0.1, 0.15) is 31.3 Å². The number of aromatic nitrogens is 1. The van der Waals surface area contributed by atoms with Crippen LogP contribution in [0.5, 0.6) is 0 Å². The van der Waals surface area contributed by atoms with Gasteiger partial charge in [0.25, 0.3) is 11.8 Å². The Labute approximate surface area is 153 Å². The van der Waals surface area contributed by atoms with Gasteiger partial charge in [0, 0.05) is 12.1 Å². The summed E-state index contributed by atoms with van der Waals surface area (Å²) in [5.74, 6) is -0.890. The first-order valence-electron chi connectivity index (χ1n) is 7.89. The minimum atomic E-state index is -0.322. The van der Waals surface area contributed by atoms with E-state index < -0.39 is 0 Å². The molecule has 0 fully saturated rings. The average molecular weight is 369 g/mol. The van der Waals surface area contributed by atoms with Gasteiger partial charge in [0.1, 0.15) is 10.7 Å². The van der Waals surface area contributed by atoms with E-state index >= 15 is 0 Å². The van der Waals surface area contributed by atoms with E-state index in [0.29, 0.717) is 21.3 Å². The second-order valence-electron chi connectivity index (χ2n) is 5.56. The normalized spacial score (nSPS) is 10.4. The second kappa shape index (κ2) is 7.88. The lowest BCUT2D eigenvalue weighted by Gasteiger charge is -2.04. The Balaban J connectivity index is 1.64. The Morgan fingerprint density at radius 1 is 1.04 bits per heavy atom. The molecule has 2 N–H and O–H groups in total. The van der Waals surface area contributed by atoms with Crippen molar-refractivity contribution in [2.45, 2.75) is 13.5 Å². The standard InChI is InChI=1S/C19H16FN3O2S/c1-12-16(18(25)21-11-13-7-9-15(20)10-8-13)26-19(22-12)23-17(24)14-5-3-2-4-6-14/h2-10H,11H2,1H3,(H,21,25)(H,22,23,24). The number of anilines is 1. The van der Waals surface area contributed by atoms with Gasteiger partial charge < -0.3 is 5.32 Å². The zero-order valence-corrected chi connectivity index (χ0v) is 14.8. The van der Waals surface area contributed by atoms with E-state index in [1.54, 1.807) is 43.3 Å². The van der Waals surface area contributed by atoms with Crippen LogP contribution in [0.3, 0.4) is 0 Å². The molecule has 2 amide bonds. The van der Waals surface area contributed by atoms with Crippen LogP contribution in [0.25, 0.3) is 0 Å². The Morgan fingerprint density at radius 3 is 2.42 bits per heavy atom. The predicted octanol–water partition coefficient (Wildman–Crippen LogP) is 3.77. The van der Waals surface area contributed by atoms with Crippen molar-refractivity contribution < 1.29 is 14.0 Å². The molecule has 2 aromatic carbocycles. The summed E-state index contributed by atoms with van der Waals surface area (Å²) in [5.41, 5.74) is 1.84. The summed E-state index contributed by atoms with van der Waals surface area (Å²) in [5, 5.41) is 5.84. The van der Waals surface area contributed by atoms with Crippen molar-refractivity contribution in [1.82, 2.24) is 10.3 Å². The molecule has 0 aliphatic heterocycles. The maximum atomic E-state index is 12.9. The molecule has 0 bridgehead atoms. The number of benzene rings is 2. The van der Waals surface area contributed by atoms with Crippen molar-refractivity contribution in [1.29, 1.82) is 0 Å². The van der Waals surface area contributed by atoms with Crippen molar-refractivity contribution in [3.8, 4) is 0 Å². The van der Waals surface area contributed by atoms with Gasteiger partial charge in [-0.15, -0.1) is 0 Å². The molecule has 26 heavy (non-hydrogen) atoms. The zero-order chi connectivity index (χ0) is 18.5. The third-order valence-electron chi connectivity index (χ3n) is 3.63. The van der Waals surface area contributed by atoms with E-state index in [9.17, 15) is 14.0 Å². The molecule has 1 aromatic heterocycles. The number of nitrogens with zero attached hydrogens (tertiary/aromatic N) is 1. The lowest BCUT2D eigenvalue weighted by atomic mass is 10.2. The Hall–Kier alpha value is -3.06. The third-order valence-corrected chi connectivity index (χ3v) is 4.70. The van der Waals surface area contributed by atoms with Crippen molar-refractivity contribution in [2.75, 3.05) is 5.32 Å². The van der Waals surface area contributed by atoms with Gasteiger partial charge in [-0.1, -0.05) is 41.7 Å². The highest BCUT2D eigenvalue weighted by atomic mass is 32.1. The lowest BCUT2D eigenvalue weighted by Crippen LogP contribution is -2.22. The lowest BCUT2D eigenvalue weighted by molar-refractivity contribution is 0.0953. The summed E-state index contributed by atoms with van der Waals surface area (Å²) in [6.07, 6.45) is 0. The average Bonchev–Trinajstić information content (AvgIpc) is 3.02. The van der Waals surface area contributed by atoms with E-state index in [-0.39, 0.29) is 24.2 Å². The third kappa shape index (κ3) is 4.31. The number of thiazole rings is 1. The van der Waals surface area contributed by atoms with Crippen molar-refractivity contribution >= 4 is 28.3 Å². The van der Waals surface area contributed by atoms with Gasteiger partial charge in [0.15, 0.2) is 5.13 Å². The number of halogens is 1. The summed E-state index contributed by atoms with van der Waals surface area (Å²) in [6.45, 7) is 1.99. The number of rotatable bonds is 5. The van der Waals surface area contributed by atoms with Gasteiger partial charge in [-0.3, -0.25) is 14.9 Å². The summed E-state index contributed by atoms with van der Waals surface area (Å²) in [7, 11) is 0. The fourth-order valence-corrected chi connectivity index (χ4v) is 3.16. The van der Waals surface area contributed by atoms with Crippen LogP contribution >= 0.6 is 11.3 Å².